The number of benzene rings is 1. The highest BCUT2D eigenvalue weighted by Crippen LogP contribution is 2.30. The fourth-order valence-corrected chi connectivity index (χ4v) is 1.71. The second-order valence-electron chi connectivity index (χ2n) is 3.60. The largest absolute Gasteiger partial charge is 0.408 e. The molecule has 1 N–H and O–H groups in total. The van der Waals surface area contributed by atoms with Crippen molar-refractivity contribution >= 4 is 17.3 Å². The topological polar surface area (TPSA) is 12.0 Å². The van der Waals surface area contributed by atoms with Gasteiger partial charge in [-0.3, -0.25) is 0 Å². The molecule has 2 rings (SSSR count). The molecule has 1 aromatic carbocycles. The molecule has 1 aliphatic rings. The Balaban J connectivity index is 2.12. The summed E-state index contributed by atoms with van der Waals surface area (Å²) < 4.78 is 37.2. The zero-order chi connectivity index (χ0) is 11.8. The van der Waals surface area contributed by atoms with Gasteiger partial charge in [-0.25, -0.2) is 0 Å². The average Bonchev–Trinajstić information content (AvgIpc) is 2.67. The lowest BCUT2D eigenvalue weighted by atomic mass is 10.1. The maximum Gasteiger partial charge on any atom is 0.408 e. The minimum absolute atomic E-state index is 0.0263. The van der Waals surface area contributed by atoms with Crippen molar-refractivity contribution in [1.29, 1.82) is 0 Å². The summed E-state index contributed by atoms with van der Waals surface area (Å²) in [5, 5.41) is 3.02. The average molecular weight is 248 g/mol. The third-order valence-corrected chi connectivity index (χ3v) is 2.69. The summed E-state index contributed by atoms with van der Waals surface area (Å²) in [6, 6.07) is 5.22. The van der Waals surface area contributed by atoms with Gasteiger partial charge in [-0.1, -0.05) is 29.8 Å². The van der Waals surface area contributed by atoms with E-state index in [0.29, 0.717) is 10.7 Å². The Kier molecular flexibility index (Phi) is 2.84. The van der Waals surface area contributed by atoms with Gasteiger partial charge in [-0.2, -0.15) is 13.2 Å². The third-order valence-electron chi connectivity index (χ3n) is 2.44. The van der Waals surface area contributed by atoms with Crippen LogP contribution in [-0.4, -0.2) is 12.2 Å². The van der Waals surface area contributed by atoms with Gasteiger partial charge in [0.15, 0.2) is 0 Å². The predicted octanol–water partition coefficient (Wildman–Crippen LogP) is 3.61. The van der Waals surface area contributed by atoms with E-state index < -0.39 is 12.2 Å². The van der Waals surface area contributed by atoms with Crippen molar-refractivity contribution in [2.24, 2.45) is 0 Å². The summed E-state index contributed by atoms with van der Waals surface area (Å²) in [5.41, 5.74) is 1.23. The Hall–Kier alpha value is -1.16. The van der Waals surface area contributed by atoms with Crippen molar-refractivity contribution in [3.63, 3.8) is 0 Å². The Labute approximate surface area is 95.9 Å². The molecule has 0 spiro atoms. The van der Waals surface area contributed by atoms with Gasteiger partial charge >= 0.3 is 6.18 Å². The predicted molar refractivity (Wildman–Crippen MR) is 57.0 cm³/mol. The molecule has 1 atom stereocenters. The van der Waals surface area contributed by atoms with Gasteiger partial charge in [0.25, 0.3) is 0 Å². The van der Waals surface area contributed by atoms with Crippen LogP contribution in [0.3, 0.4) is 0 Å². The SMILES string of the molecule is FC(F)(F)C1CC=C(c2ccc(Cl)cc2)N1. The van der Waals surface area contributed by atoms with Crippen LogP contribution >= 0.6 is 11.6 Å². The molecule has 1 heterocycles. The zero-order valence-corrected chi connectivity index (χ0v) is 8.94. The molecular weight excluding hydrogens is 239 g/mol. The Morgan fingerprint density at radius 1 is 1.19 bits per heavy atom. The Bertz CT molecular complexity index is 408. The van der Waals surface area contributed by atoms with E-state index in [-0.39, 0.29) is 6.42 Å². The first-order valence-corrected chi connectivity index (χ1v) is 5.14. The summed E-state index contributed by atoms with van der Waals surface area (Å²) in [6.07, 6.45) is -2.67. The second kappa shape index (κ2) is 4.01. The maximum absolute atomic E-state index is 12.4. The van der Waals surface area contributed by atoms with Crippen LogP contribution in [0.5, 0.6) is 0 Å². The third kappa shape index (κ3) is 2.32. The van der Waals surface area contributed by atoms with Crippen LogP contribution in [0.15, 0.2) is 30.3 Å². The van der Waals surface area contributed by atoms with E-state index in [1.54, 1.807) is 30.3 Å². The zero-order valence-electron chi connectivity index (χ0n) is 8.18. The minimum Gasteiger partial charge on any atom is -0.374 e. The molecular formula is C11H9ClF3N. The molecule has 0 amide bonds. The highest BCUT2D eigenvalue weighted by molar-refractivity contribution is 6.30. The highest BCUT2D eigenvalue weighted by Gasteiger charge is 2.41. The van der Waals surface area contributed by atoms with E-state index in [1.807, 2.05) is 0 Å². The van der Waals surface area contributed by atoms with Crippen LogP contribution in [0.25, 0.3) is 5.70 Å². The van der Waals surface area contributed by atoms with Crippen molar-refractivity contribution in [2.75, 3.05) is 0 Å². The van der Waals surface area contributed by atoms with Crippen molar-refractivity contribution < 1.29 is 13.2 Å². The number of hydrogen-bond acceptors (Lipinski definition) is 1. The highest BCUT2D eigenvalue weighted by atomic mass is 35.5. The molecule has 0 bridgehead atoms. The summed E-state index contributed by atoms with van der Waals surface area (Å²) in [4.78, 5) is 0. The monoisotopic (exact) mass is 247 g/mol. The number of nitrogens with one attached hydrogen (secondary N) is 1. The van der Waals surface area contributed by atoms with Crippen LogP contribution in [0.2, 0.25) is 5.02 Å². The quantitative estimate of drug-likeness (QED) is 0.800. The lowest BCUT2D eigenvalue weighted by molar-refractivity contribution is -0.150. The van der Waals surface area contributed by atoms with E-state index in [2.05, 4.69) is 5.32 Å². The fourth-order valence-electron chi connectivity index (χ4n) is 1.59. The van der Waals surface area contributed by atoms with E-state index >= 15 is 0 Å². The fraction of sp³-hybridized carbons (Fsp3) is 0.273. The van der Waals surface area contributed by atoms with Crippen molar-refractivity contribution in [3.05, 3.63) is 40.9 Å². The van der Waals surface area contributed by atoms with E-state index in [1.165, 1.54) is 0 Å². The van der Waals surface area contributed by atoms with Crippen molar-refractivity contribution in [3.8, 4) is 0 Å². The minimum atomic E-state index is -4.20. The summed E-state index contributed by atoms with van der Waals surface area (Å²) in [6.45, 7) is 0. The summed E-state index contributed by atoms with van der Waals surface area (Å²) >= 11 is 5.70. The molecule has 0 saturated heterocycles. The molecule has 86 valence electrons. The van der Waals surface area contributed by atoms with Crippen molar-refractivity contribution in [2.45, 2.75) is 18.6 Å². The molecule has 16 heavy (non-hydrogen) atoms. The lowest BCUT2D eigenvalue weighted by Gasteiger charge is -2.17. The van der Waals surface area contributed by atoms with Crippen LogP contribution in [0.1, 0.15) is 12.0 Å². The van der Waals surface area contributed by atoms with Gasteiger partial charge in [0.1, 0.15) is 6.04 Å². The van der Waals surface area contributed by atoms with Crippen LogP contribution in [0, 0.1) is 0 Å². The van der Waals surface area contributed by atoms with Crippen LogP contribution < -0.4 is 5.32 Å². The van der Waals surface area contributed by atoms with Gasteiger partial charge < -0.3 is 5.32 Å². The second-order valence-corrected chi connectivity index (χ2v) is 4.04. The molecule has 1 nitrogen and oxygen atoms in total. The standard InChI is InChI=1S/C11H9ClF3N/c12-8-3-1-7(2-4-8)9-5-6-10(16-9)11(13,14)15/h1-5,10,16H,6H2. The maximum atomic E-state index is 12.4. The van der Waals surface area contributed by atoms with E-state index in [4.69, 9.17) is 11.6 Å². The summed E-state index contributed by atoms with van der Waals surface area (Å²) in [5.74, 6) is 0. The first-order valence-electron chi connectivity index (χ1n) is 4.76. The van der Waals surface area contributed by atoms with Gasteiger partial charge in [0.2, 0.25) is 0 Å². The molecule has 1 unspecified atom stereocenters. The van der Waals surface area contributed by atoms with Gasteiger partial charge in [-0.15, -0.1) is 0 Å². The number of rotatable bonds is 1. The van der Waals surface area contributed by atoms with Crippen molar-refractivity contribution in [1.82, 2.24) is 5.32 Å². The lowest BCUT2D eigenvalue weighted by Crippen LogP contribution is -2.37. The van der Waals surface area contributed by atoms with E-state index in [0.717, 1.165) is 5.56 Å². The van der Waals surface area contributed by atoms with Crippen LogP contribution in [0.4, 0.5) is 13.2 Å². The molecule has 5 heteroatoms. The van der Waals surface area contributed by atoms with E-state index in [9.17, 15) is 13.2 Å². The molecule has 0 aromatic heterocycles. The Morgan fingerprint density at radius 2 is 1.81 bits per heavy atom. The van der Waals surface area contributed by atoms with Crippen LogP contribution in [-0.2, 0) is 0 Å². The molecule has 0 aliphatic carbocycles. The normalized spacial score (nSPS) is 20.5. The first kappa shape index (κ1) is 11.3. The molecule has 1 aromatic rings. The number of halogens is 4. The number of alkyl halides is 3. The Morgan fingerprint density at radius 3 is 2.31 bits per heavy atom. The smallest absolute Gasteiger partial charge is 0.374 e. The first-order chi connectivity index (χ1) is 7.47. The summed E-state index contributed by atoms with van der Waals surface area (Å²) in [7, 11) is 0. The van der Waals surface area contributed by atoms with Gasteiger partial charge in [0, 0.05) is 10.7 Å². The number of hydrogen-bond donors (Lipinski definition) is 1. The van der Waals surface area contributed by atoms with Gasteiger partial charge in [-0.05, 0) is 24.1 Å². The molecule has 0 radical (unpaired) electrons. The van der Waals surface area contributed by atoms with Gasteiger partial charge in [0.05, 0.1) is 0 Å². The molecule has 0 fully saturated rings. The molecule has 1 aliphatic heterocycles. The molecule has 0 saturated carbocycles.